The molecule has 1 aromatic carbocycles. The van der Waals surface area contributed by atoms with Crippen molar-refractivity contribution in [2.75, 3.05) is 31.1 Å². The van der Waals surface area contributed by atoms with Crippen LogP contribution >= 0.6 is 0 Å². The van der Waals surface area contributed by atoms with Crippen molar-refractivity contribution in [2.24, 2.45) is 5.41 Å². The number of benzene rings is 1. The van der Waals surface area contributed by atoms with Gasteiger partial charge in [-0.05, 0) is 25.0 Å². The van der Waals surface area contributed by atoms with Gasteiger partial charge in [0.1, 0.15) is 6.04 Å². The van der Waals surface area contributed by atoms with Crippen LogP contribution in [-0.4, -0.2) is 48.9 Å². The summed E-state index contributed by atoms with van der Waals surface area (Å²) in [5.41, 5.74) is 6.93. The molecule has 2 N–H and O–H groups in total. The highest BCUT2D eigenvalue weighted by Crippen LogP contribution is 2.42. The van der Waals surface area contributed by atoms with Crippen LogP contribution in [-0.2, 0) is 9.59 Å². The van der Waals surface area contributed by atoms with Crippen molar-refractivity contribution in [1.29, 1.82) is 0 Å². The Kier molecular flexibility index (Phi) is 3.58. The number of anilines is 1. The maximum absolute atomic E-state index is 12.5. The average molecular weight is 314 g/mol. The third-order valence-corrected chi connectivity index (χ3v) is 5.27. The standard InChI is InChI=1S/C17H22N4O2/c22-15-10-17(12-21(15)13-4-2-1-3-5-13)7-9-20(11-17)16(23)14-6-8-18-19-14/h1-5,14,18-19H,6-12H2. The molecule has 2 amide bonds. The maximum Gasteiger partial charge on any atom is 0.241 e. The number of hydrogen-bond acceptors (Lipinski definition) is 4. The molecule has 4 rings (SSSR count). The number of nitrogens with zero attached hydrogens (tertiary/aromatic N) is 2. The minimum atomic E-state index is -0.118. The van der Waals surface area contributed by atoms with Crippen molar-refractivity contribution in [2.45, 2.75) is 25.3 Å². The molecule has 23 heavy (non-hydrogen) atoms. The van der Waals surface area contributed by atoms with Gasteiger partial charge in [-0.2, -0.15) is 0 Å². The van der Waals surface area contributed by atoms with Gasteiger partial charge in [0.2, 0.25) is 11.8 Å². The largest absolute Gasteiger partial charge is 0.341 e. The van der Waals surface area contributed by atoms with Crippen molar-refractivity contribution in [3.05, 3.63) is 30.3 Å². The number of amides is 2. The van der Waals surface area contributed by atoms with E-state index in [0.29, 0.717) is 13.0 Å². The lowest BCUT2D eigenvalue weighted by molar-refractivity contribution is -0.132. The Hall–Kier alpha value is -1.92. The van der Waals surface area contributed by atoms with Gasteiger partial charge < -0.3 is 9.80 Å². The monoisotopic (exact) mass is 314 g/mol. The molecule has 2 atom stereocenters. The molecule has 1 spiro atoms. The topological polar surface area (TPSA) is 64.7 Å². The Bertz CT molecular complexity index is 614. The Morgan fingerprint density at radius 1 is 1.22 bits per heavy atom. The first-order chi connectivity index (χ1) is 11.2. The van der Waals surface area contributed by atoms with Crippen LogP contribution < -0.4 is 15.8 Å². The molecule has 0 saturated carbocycles. The first kappa shape index (κ1) is 14.7. The lowest BCUT2D eigenvalue weighted by Gasteiger charge is -2.25. The van der Waals surface area contributed by atoms with E-state index in [1.807, 2.05) is 40.1 Å². The number of hydrogen-bond donors (Lipinski definition) is 2. The van der Waals surface area contributed by atoms with E-state index in [-0.39, 0.29) is 23.3 Å². The van der Waals surface area contributed by atoms with Crippen molar-refractivity contribution >= 4 is 17.5 Å². The smallest absolute Gasteiger partial charge is 0.241 e. The fourth-order valence-electron chi connectivity index (χ4n) is 4.03. The number of nitrogens with one attached hydrogen (secondary N) is 2. The predicted octanol–water partition coefficient (Wildman–Crippen LogP) is 0.509. The van der Waals surface area contributed by atoms with E-state index in [4.69, 9.17) is 0 Å². The summed E-state index contributed by atoms with van der Waals surface area (Å²) in [5, 5.41) is 0. The zero-order valence-electron chi connectivity index (χ0n) is 13.1. The van der Waals surface area contributed by atoms with Crippen LogP contribution in [0.1, 0.15) is 19.3 Å². The van der Waals surface area contributed by atoms with Gasteiger partial charge in [0.15, 0.2) is 0 Å². The van der Waals surface area contributed by atoms with Crippen molar-refractivity contribution in [3.63, 3.8) is 0 Å². The molecule has 6 heteroatoms. The molecule has 3 fully saturated rings. The van der Waals surface area contributed by atoms with Gasteiger partial charge >= 0.3 is 0 Å². The Morgan fingerprint density at radius 2 is 2.04 bits per heavy atom. The lowest BCUT2D eigenvalue weighted by Crippen LogP contribution is -2.45. The maximum atomic E-state index is 12.5. The minimum absolute atomic E-state index is 0.0748. The minimum Gasteiger partial charge on any atom is -0.341 e. The molecule has 1 aromatic rings. The van der Waals surface area contributed by atoms with Gasteiger partial charge in [-0.1, -0.05) is 18.2 Å². The van der Waals surface area contributed by atoms with Crippen molar-refractivity contribution < 1.29 is 9.59 Å². The average Bonchev–Trinajstić information content (AvgIpc) is 3.29. The number of hydrazine groups is 1. The van der Waals surface area contributed by atoms with Crippen LogP contribution in [0.5, 0.6) is 0 Å². The molecule has 3 aliphatic heterocycles. The summed E-state index contributed by atoms with van der Waals surface area (Å²) in [7, 11) is 0. The Morgan fingerprint density at radius 3 is 2.78 bits per heavy atom. The molecule has 2 unspecified atom stereocenters. The molecular weight excluding hydrogens is 292 g/mol. The van der Waals surface area contributed by atoms with E-state index in [1.54, 1.807) is 0 Å². The first-order valence-corrected chi connectivity index (χ1v) is 8.30. The fraction of sp³-hybridized carbons (Fsp3) is 0.529. The summed E-state index contributed by atoms with van der Waals surface area (Å²) in [6.07, 6.45) is 2.29. The SMILES string of the molecule is O=C(C1CCNN1)N1CCC2(CC(=O)N(c3ccccc3)C2)C1. The van der Waals surface area contributed by atoms with Gasteiger partial charge in [0, 0.05) is 43.7 Å². The summed E-state index contributed by atoms with van der Waals surface area (Å²) < 4.78 is 0. The number of carbonyl (C=O) groups is 2. The molecule has 3 heterocycles. The van der Waals surface area contributed by atoms with Crippen LogP contribution in [0.3, 0.4) is 0 Å². The van der Waals surface area contributed by atoms with Gasteiger partial charge in [-0.15, -0.1) is 0 Å². The molecule has 6 nitrogen and oxygen atoms in total. The molecular formula is C17H22N4O2. The molecule has 0 aromatic heterocycles. The molecule has 0 bridgehead atoms. The van der Waals surface area contributed by atoms with E-state index < -0.39 is 0 Å². The van der Waals surface area contributed by atoms with E-state index in [9.17, 15) is 9.59 Å². The fourth-order valence-corrected chi connectivity index (χ4v) is 4.03. The van der Waals surface area contributed by atoms with Gasteiger partial charge in [0.05, 0.1) is 0 Å². The Labute approximate surface area is 135 Å². The van der Waals surface area contributed by atoms with Crippen LogP contribution in [0.4, 0.5) is 5.69 Å². The molecule has 0 radical (unpaired) electrons. The zero-order valence-corrected chi connectivity index (χ0v) is 13.1. The summed E-state index contributed by atoms with van der Waals surface area (Å²) in [4.78, 5) is 28.8. The van der Waals surface area contributed by atoms with Crippen molar-refractivity contribution in [1.82, 2.24) is 15.8 Å². The second-order valence-corrected chi connectivity index (χ2v) is 6.91. The number of para-hydroxylation sites is 1. The highest BCUT2D eigenvalue weighted by Gasteiger charge is 2.49. The van der Waals surface area contributed by atoms with Crippen molar-refractivity contribution in [3.8, 4) is 0 Å². The highest BCUT2D eigenvalue weighted by molar-refractivity contribution is 5.96. The van der Waals surface area contributed by atoms with Gasteiger partial charge in [-0.3, -0.25) is 15.0 Å². The molecule has 3 aliphatic rings. The second kappa shape index (κ2) is 5.62. The van der Waals surface area contributed by atoms with Crippen LogP contribution in [0.15, 0.2) is 30.3 Å². The summed E-state index contributed by atoms with van der Waals surface area (Å²) in [6, 6.07) is 9.70. The quantitative estimate of drug-likeness (QED) is 0.835. The number of likely N-dealkylation sites (tertiary alicyclic amines) is 1. The summed E-state index contributed by atoms with van der Waals surface area (Å²) in [5.74, 6) is 0.337. The second-order valence-electron chi connectivity index (χ2n) is 6.91. The molecule has 122 valence electrons. The van der Waals surface area contributed by atoms with Crippen LogP contribution in [0.25, 0.3) is 0 Å². The summed E-state index contributed by atoms with van der Waals surface area (Å²) in [6.45, 7) is 3.00. The third kappa shape index (κ3) is 2.62. The van der Waals surface area contributed by atoms with Gasteiger partial charge in [0.25, 0.3) is 0 Å². The summed E-state index contributed by atoms with van der Waals surface area (Å²) >= 11 is 0. The first-order valence-electron chi connectivity index (χ1n) is 8.30. The van der Waals surface area contributed by atoms with Crippen LogP contribution in [0, 0.1) is 5.41 Å². The third-order valence-electron chi connectivity index (χ3n) is 5.27. The van der Waals surface area contributed by atoms with E-state index >= 15 is 0 Å². The van der Waals surface area contributed by atoms with E-state index in [0.717, 1.165) is 38.2 Å². The van der Waals surface area contributed by atoms with E-state index in [2.05, 4.69) is 10.9 Å². The predicted molar refractivity (Wildman–Crippen MR) is 86.6 cm³/mol. The molecule has 0 aliphatic carbocycles. The highest BCUT2D eigenvalue weighted by atomic mass is 16.2. The molecule has 3 saturated heterocycles. The zero-order chi connectivity index (χ0) is 15.9. The van der Waals surface area contributed by atoms with Gasteiger partial charge in [-0.25, -0.2) is 5.43 Å². The lowest BCUT2D eigenvalue weighted by atomic mass is 9.86. The normalized spacial score (nSPS) is 30.6. The number of carbonyl (C=O) groups excluding carboxylic acids is 2. The Balaban J connectivity index is 1.46. The van der Waals surface area contributed by atoms with E-state index in [1.165, 1.54) is 0 Å². The number of rotatable bonds is 2. The van der Waals surface area contributed by atoms with Crippen LogP contribution in [0.2, 0.25) is 0 Å².